The maximum Gasteiger partial charge on any atom is 0.256 e. The molecule has 1 unspecified atom stereocenters. The quantitative estimate of drug-likeness (QED) is 0.892. The molecule has 2 aromatic rings. The van der Waals surface area contributed by atoms with Crippen LogP contribution >= 0.6 is 0 Å². The van der Waals surface area contributed by atoms with E-state index in [0.717, 1.165) is 12.1 Å². The number of aromatic nitrogens is 1. The lowest BCUT2D eigenvalue weighted by atomic mass is 9.90. The molecule has 0 saturated carbocycles. The van der Waals surface area contributed by atoms with Crippen molar-refractivity contribution in [2.24, 2.45) is 5.92 Å². The molecule has 1 amide bonds. The van der Waals surface area contributed by atoms with E-state index in [1.807, 2.05) is 0 Å². The second-order valence-electron chi connectivity index (χ2n) is 7.63. The van der Waals surface area contributed by atoms with Crippen molar-refractivity contribution in [2.75, 3.05) is 13.1 Å². The lowest BCUT2D eigenvalue weighted by Crippen LogP contribution is -2.59. The van der Waals surface area contributed by atoms with Crippen LogP contribution in [0, 0.1) is 19.8 Å². The largest absolute Gasteiger partial charge is 0.378 e. The molecule has 1 fully saturated rings. The van der Waals surface area contributed by atoms with E-state index >= 15 is 0 Å². The number of likely N-dealkylation sites (tertiary alicyclic amines) is 1. The Morgan fingerprint density at radius 3 is 2.42 bits per heavy atom. The van der Waals surface area contributed by atoms with Crippen LogP contribution in [0.25, 0.3) is 0 Å². The summed E-state index contributed by atoms with van der Waals surface area (Å²) >= 11 is 0. The topological polar surface area (TPSA) is 62.5 Å². The summed E-state index contributed by atoms with van der Waals surface area (Å²) in [6.07, 6.45) is 0.934. The van der Waals surface area contributed by atoms with E-state index in [1.54, 1.807) is 24.0 Å². The second kappa shape index (κ2) is 7.08. The highest BCUT2D eigenvalue weighted by molar-refractivity contribution is 5.85. The Bertz CT molecular complexity index is 846. The first-order chi connectivity index (χ1) is 12.3. The maximum absolute atomic E-state index is 12.7. The van der Waals surface area contributed by atoms with Crippen molar-refractivity contribution in [1.82, 2.24) is 9.47 Å². The van der Waals surface area contributed by atoms with Gasteiger partial charge < -0.3 is 14.6 Å². The van der Waals surface area contributed by atoms with Crippen molar-refractivity contribution in [3.05, 3.63) is 69.6 Å². The average molecular weight is 354 g/mol. The van der Waals surface area contributed by atoms with Crippen molar-refractivity contribution in [2.45, 2.75) is 39.3 Å². The molecule has 1 aromatic carbocycles. The standard InChI is InChI=1S/C21H26N2O3/c1-15-7-9-17(10-8-15)11-18-12-22(13-18)20(25)21(3,26)14-23-16(2)5-4-6-19(23)24/h4-10,18,26H,11-14H2,1-3H3. The van der Waals surface area contributed by atoms with Crippen LogP contribution in [0.3, 0.4) is 0 Å². The number of carbonyl (C=O) groups excluding carboxylic acids is 1. The number of pyridine rings is 1. The first-order valence-corrected chi connectivity index (χ1v) is 9.00. The molecule has 138 valence electrons. The number of aliphatic hydroxyl groups is 1. The van der Waals surface area contributed by atoms with Gasteiger partial charge in [-0.15, -0.1) is 0 Å². The third-order valence-corrected chi connectivity index (χ3v) is 5.08. The summed E-state index contributed by atoms with van der Waals surface area (Å²) in [5, 5.41) is 10.7. The number of hydrogen-bond acceptors (Lipinski definition) is 3. The maximum atomic E-state index is 12.7. The molecule has 0 radical (unpaired) electrons. The first-order valence-electron chi connectivity index (χ1n) is 9.00. The van der Waals surface area contributed by atoms with Crippen molar-refractivity contribution < 1.29 is 9.90 Å². The minimum atomic E-state index is -1.59. The van der Waals surface area contributed by atoms with Gasteiger partial charge in [-0.2, -0.15) is 0 Å². The molecule has 1 N–H and O–H groups in total. The van der Waals surface area contributed by atoms with Gasteiger partial charge in [0, 0.05) is 24.8 Å². The predicted molar refractivity (Wildman–Crippen MR) is 101 cm³/mol. The molecule has 1 saturated heterocycles. The van der Waals surface area contributed by atoms with E-state index in [1.165, 1.54) is 28.7 Å². The number of aryl methyl sites for hydroxylation is 2. The summed E-state index contributed by atoms with van der Waals surface area (Å²) in [5.41, 5.74) is 1.43. The lowest BCUT2D eigenvalue weighted by Gasteiger charge is -2.43. The fourth-order valence-electron chi connectivity index (χ4n) is 3.46. The zero-order valence-corrected chi connectivity index (χ0v) is 15.6. The van der Waals surface area contributed by atoms with Crippen LogP contribution in [0.4, 0.5) is 0 Å². The molecular formula is C21H26N2O3. The molecule has 0 spiro atoms. The minimum absolute atomic E-state index is 0.0313. The SMILES string of the molecule is Cc1ccc(CC2CN(C(=O)C(C)(O)Cn3c(C)cccc3=O)C2)cc1. The summed E-state index contributed by atoms with van der Waals surface area (Å²) in [6, 6.07) is 13.4. The number of nitrogens with zero attached hydrogens (tertiary/aromatic N) is 2. The monoisotopic (exact) mass is 354 g/mol. The van der Waals surface area contributed by atoms with Crippen molar-refractivity contribution in [3.63, 3.8) is 0 Å². The summed E-state index contributed by atoms with van der Waals surface area (Å²) in [6.45, 7) is 6.60. The predicted octanol–water partition coefficient (Wildman–Crippen LogP) is 1.92. The van der Waals surface area contributed by atoms with Gasteiger partial charge in [0.2, 0.25) is 0 Å². The number of rotatable bonds is 5. The number of benzene rings is 1. The fraction of sp³-hybridized carbons (Fsp3) is 0.429. The van der Waals surface area contributed by atoms with Gasteiger partial charge in [-0.3, -0.25) is 9.59 Å². The van der Waals surface area contributed by atoms with Gasteiger partial charge in [0.25, 0.3) is 11.5 Å². The normalized spacial score (nSPS) is 16.8. The fourth-order valence-corrected chi connectivity index (χ4v) is 3.46. The highest BCUT2D eigenvalue weighted by atomic mass is 16.3. The van der Waals surface area contributed by atoms with Crippen molar-refractivity contribution >= 4 is 5.91 Å². The van der Waals surface area contributed by atoms with Crippen LogP contribution in [0.1, 0.15) is 23.7 Å². The van der Waals surface area contributed by atoms with Crippen LogP contribution in [0.5, 0.6) is 0 Å². The second-order valence-corrected chi connectivity index (χ2v) is 7.63. The molecule has 1 aliphatic heterocycles. The molecule has 1 atom stereocenters. The van der Waals surface area contributed by atoms with Crippen LogP contribution in [0.15, 0.2) is 47.3 Å². The summed E-state index contributed by atoms with van der Waals surface area (Å²) in [7, 11) is 0. The molecule has 2 heterocycles. The van der Waals surface area contributed by atoms with Gasteiger partial charge >= 0.3 is 0 Å². The Morgan fingerprint density at radius 1 is 1.15 bits per heavy atom. The Labute approximate surface area is 153 Å². The minimum Gasteiger partial charge on any atom is -0.378 e. The molecular weight excluding hydrogens is 328 g/mol. The molecule has 26 heavy (non-hydrogen) atoms. The zero-order valence-electron chi connectivity index (χ0n) is 15.6. The smallest absolute Gasteiger partial charge is 0.256 e. The van der Waals surface area contributed by atoms with Crippen LogP contribution in [-0.2, 0) is 17.8 Å². The van der Waals surface area contributed by atoms with E-state index in [4.69, 9.17) is 0 Å². The van der Waals surface area contributed by atoms with Gasteiger partial charge in [0.1, 0.15) is 0 Å². The van der Waals surface area contributed by atoms with E-state index in [9.17, 15) is 14.7 Å². The number of amides is 1. The Kier molecular flexibility index (Phi) is 5.01. The van der Waals surface area contributed by atoms with Crippen LogP contribution < -0.4 is 5.56 Å². The van der Waals surface area contributed by atoms with Gasteiger partial charge in [-0.05, 0) is 44.7 Å². The van der Waals surface area contributed by atoms with E-state index in [0.29, 0.717) is 19.0 Å². The lowest BCUT2D eigenvalue weighted by molar-refractivity contribution is -0.157. The molecule has 1 aliphatic rings. The van der Waals surface area contributed by atoms with Gasteiger partial charge in [-0.25, -0.2) is 0 Å². The van der Waals surface area contributed by atoms with Gasteiger partial charge in [-0.1, -0.05) is 35.9 Å². The summed E-state index contributed by atoms with van der Waals surface area (Å²) in [5.74, 6) is 0.103. The van der Waals surface area contributed by atoms with E-state index in [2.05, 4.69) is 31.2 Å². The highest BCUT2D eigenvalue weighted by Crippen LogP contribution is 2.24. The first kappa shape index (κ1) is 18.4. The average Bonchev–Trinajstić information content (AvgIpc) is 2.55. The number of carbonyl (C=O) groups is 1. The molecule has 5 nitrogen and oxygen atoms in total. The van der Waals surface area contributed by atoms with Gasteiger partial charge in [0.15, 0.2) is 5.60 Å². The van der Waals surface area contributed by atoms with E-state index < -0.39 is 5.60 Å². The molecule has 0 bridgehead atoms. The third-order valence-electron chi connectivity index (χ3n) is 5.08. The van der Waals surface area contributed by atoms with Gasteiger partial charge in [0.05, 0.1) is 6.54 Å². The summed E-state index contributed by atoms with van der Waals surface area (Å²) in [4.78, 5) is 26.4. The molecule has 0 aliphatic carbocycles. The Balaban J connectivity index is 1.59. The summed E-state index contributed by atoms with van der Waals surface area (Å²) < 4.78 is 1.45. The van der Waals surface area contributed by atoms with Crippen molar-refractivity contribution in [3.8, 4) is 0 Å². The molecule has 3 rings (SSSR count). The van der Waals surface area contributed by atoms with Crippen LogP contribution in [-0.4, -0.2) is 39.2 Å². The Hall–Kier alpha value is -2.40. The zero-order chi connectivity index (χ0) is 18.9. The van der Waals surface area contributed by atoms with Crippen molar-refractivity contribution in [1.29, 1.82) is 0 Å². The highest BCUT2D eigenvalue weighted by Gasteiger charge is 2.40. The van der Waals surface area contributed by atoms with Crippen LogP contribution in [0.2, 0.25) is 0 Å². The third kappa shape index (κ3) is 3.88. The Morgan fingerprint density at radius 2 is 1.81 bits per heavy atom. The number of hydrogen-bond donors (Lipinski definition) is 1. The van der Waals surface area contributed by atoms with E-state index in [-0.39, 0.29) is 18.0 Å². The molecule has 5 heteroatoms. The molecule has 1 aromatic heterocycles.